The Morgan fingerprint density at radius 2 is 1.88 bits per heavy atom. The zero-order valence-electron chi connectivity index (χ0n) is 15.7. The molecule has 21 heteroatoms. The molecule has 1 aliphatic rings. The van der Waals surface area contributed by atoms with Gasteiger partial charge in [-0.1, -0.05) is 5.92 Å². The van der Waals surface area contributed by atoms with E-state index in [4.69, 9.17) is 26.7 Å². The van der Waals surface area contributed by atoms with Gasteiger partial charge in [-0.15, -0.1) is 6.42 Å². The summed E-state index contributed by atoms with van der Waals surface area (Å²) < 4.78 is 51.4. The molecule has 0 bridgehead atoms. The van der Waals surface area contributed by atoms with Crippen LogP contribution in [-0.4, -0.2) is 68.5 Å². The van der Waals surface area contributed by atoms with Crippen molar-refractivity contribution >= 4 is 29.3 Å². The van der Waals surface area contributed by atoms with Crippen LogP contribution >= 0.6 is 23.5 Å². The molecule has 1 aromatic rings. The smallest absolute Gasteiger partial charge is 0.386 e. The lowest BCUT2D eigenvalue weighted by Crippen LogP contribution is -2.49. The van der Waals surface area contributed by atoms with Crippen LogP contribution in [0.25, 0.3) is 0 Å². The van der Waals surface area contributed by atoms with Gasteiger partial charge in [0.2, 0.25) is 5.60 Å². The minimum Gasteiger partial charge on any atom is -0.386 e. The first kappa shape index (κ1) is 26.7. The van der Waals surface area contributed by atoms with E-state index in [1.807, 2.05) is 0 Å². The SMILES string of the molecule is C#CC1(O)[C@@H](O)[C@@H]([C@@H](C)OP(=O)(O)OP(=O)(O)OP(=O)(O)O)O[C@H]1n1ncc(N)nc1=O. The van der Waals surface area contributed by atoms with Crippen molar-refractivity contribution in [3.63, 3.8) is 0 Å². The van der Waals surface area contributed by atoms with Crippen LogP contribution in [0.3, 0.4) is 0 Å². The minimum atomic E-state index is -5.80. The molecule has 1 saturated heterocycles. The standard InChI is InChI=1S/C11H17N4O14P3/c1-3-11(18)8(16)7(26-9(11)15-10(17)14-6(12)4-13-15)5(2)27-31(22,23)29-32(24,25)28-30(19,20)21/h1,4-5,7-9,16,18H,2H3,(H,22,23)(H,24,25)(H2,12,14,17)(H2,19,20,21)/t5-,7-,8+,9-,11?/m1/s1. The van der Waals surface area contributed by atoms with E-state index in [9.17, 15) is 38.5 Å². The summed E-state index contributed by atoms with van der Waals surface area (Å²) in [6, 6.07) is 0. The molecule has 1 fully saturated rings. The summed E-state index contributed by atoms with van der Waals surface area (Å²) in [5.41, 5.74) is 1.52. The average molecular weight is 522 g/mol. The molecule has 0 aromatic carbocycles. The summed E-state index contributed by atoms with van der Waals surface area (Å²) in [6.45, 7) is 0.961. The molecule has 0 amide bonds. The first-order valence-corrected chi connectivity index (χ1v) is 12.5. The number of nitrogens with zero attached hydrogens (tertiary/aromatic N) is 3. The summed E-state index contributed by atoms with van der Waals surface area (Å²) in [5, 5.41) is 24.6. The molecule has 1 aromatic heterocycles. The molecule has 3 unspecified atom stereocenters. The number of aromatic nitrogens is 3. The van der Waals surface area contributed by atoms with Crippen LogP contribution in [0.4, 0.5) is 5.82 Å². The number of hydrogen-bond acceptors (Lipinski definition) is 13. The minimum absolute atomic E-state index is 0.286. The molecule has 18 nitrogen and oxygen atoms in total. The maximum atomic E-state index is 12.0. The third-order valence-electron chi connectivity index (χ3n) is 3.79. The number of phosphoric ester groups is 1. The number of rotatable bonds is 8. The van der Waals surface area contributed by atoms with Crippen LogP contribution in [0.5, 0.6) is 0 Å². The van der Waals surface area contributed by atoms with Crippen molar-refractivity contribution < 1.29 is 61.4 Å². The third-order valence-corrected chi connectivity index (χ3v) is 7.72. The maximum absolute atomic E-state index is 12.0. The average Bonchev–Trinajstić information content (AvgIpc) is 2.84. The van der Waals surface area contributed by atoms with E-state index in [0.29, 0.717) is 4.68 Å². The van der Waals surface area contributed by atoms with Crippen molar-refractivity contribution in [2.24, 2.45) is 0 Å². The van der Waals surface area contributed by atoms with Gasteiger partial charge in [-0.25, -0.2) is 18.5 Å². The lowest BCUT2D eigenvalue weighted by atomic mass is 9.93. The van der Waals surface area contributed by atoms with Crippen molar-refractivity contribution in [3.8, 4) is 12.3 Å². The molecule has 0 saturated carbocycles. The number of aliphatic hydroxyl groups excluding tert-OH is 1. The molecular weight excluding hydrogens is 505 g/mol. The highest BCUT2D eigenvalue weighted by atomic mass is 31.3. The predicted molar refractivity (Wildman–Crippen MR) is 98.8 cm³/mol. The van der Waals surface area contributed by atoms with Gasteiger partial charge in [-0.05, 0) is 6.92 Å². The fraction of sp³-hybridized carbons (Fsp3) is 0.545. The van der Waals surface area contributed by atoms with E-state index in [1.165, 1.54) is 0 Å². The van der Waals surface area contributed by atoms with Gasteiger partial charge in [0.05, 0.1) is 12.3 Å². The van der Waals surface area contributed by atoms with Gasteiger partial charge in [0.25, 0.3) is 0 Å². The predicted octanol–water partition coefficient (Wildman–Crippen LogP) is -2.43. The van der Waals surface area contributed by atoms with E-state index in [2.05, 4.69) is 23.2 Å². The number of phosphoric acid groups is 3. The Hall–Kier alpha value is -1.54. The second kappa shape index (κ2) is 9.01. The summed E-state index contributed by atoms with van der Waals surface area (Å²) in [4.78, 5) is 51.2. The van der Waals surface area contributed by atoms with E-state index in [1.54, 1.807) is 5.92 Å². The quantitative estimate of drug-likeness (QED) is 0.138. The van der Waals surface area contributed by atoms with Crippen molar-refractivity contribution in [2.75, 3.05) is 5.73 Å². The van der Waals surface area contributed by atoms with Gasteiger partial charge >= 0.3 is 29.2 Å². The lowest BCUT2D eigenvalue weighted by molar-refractivity contribution is -0.0931. The van der Waals surface area contributed by atoms with Crippen LogP contribution in [-0.2, 0) is 31.6 Å². The fourth-order valence-corrected chi connectivity index (χ4v) is 5.78. The molecule has 0 spiro atoms. The highest BCUT2D eigenvalue weighted by Gasteiger charge is 2.59. The van der Waals surface area contributed by atoms with Crippen molar-refractivity contribution in [1.82, 2.24) is 14.8 Å². The Balaban J connectivity index is 2.27. The maximum Gasteiger partial charge on any atom is 0.490 e. The van der Waals surface area contributed by atoms with Crippen LogP contribution in [0.2, 0.25) is 0 Å². The summed E-state index contributed by atoms with van der Waals surface area (Å²) in [5.74, 6) is 1.52. The number of hydrogen-bond donors (Lipinski definition) is 7. The third kappa shape index (κ3) is 6.07. The first-order chi connectivity index (χ1) is 14.4. The van der Waals surface area contributed by atoms with Gasteiger partial charge < -0.3 is 40.3 Å². The number of nitrogen functional groups attached to an aromatic ring is 1. The molecule has 2 rings (SSSR count). The first-order valence-electron chi connectivity index (χ1n) is 7.98. The van der Waals surface area contributed by atoms with Crippen LogP contribution < -0.4 is 11.4 Å². The molecule has 2 heterocycles. The van der Waals surface area contributed by atoms with Crippen molar-refractivity contribution in [3.05, 3.63) is 16.7 Å². The molecule has 0 aliphatic carbocycles. The van der Waals surface area contributed by atoms with Crippen molar-refractivity contribution in [2.45, 2.75) is 37.1 Å². The topological polar surface area (TPSA) is 283 Å². The number of aliphatic hydroxyl groups is 2. The van der Waals surface area contributed by atoms with Crippen LogP contribution in [0.1, 0.15) is 13.2 Å². The monoisotopic (exact) mass is 522 g/mol. The van der Waals surface area contributed by atoms with Gasteiger partial charge in [0, 0.05) is 0 Å². The summed E-state index contributed by atoms with van der Waals surface area (Å²) in [6.07, 6.45) is -1.39. The van der Waals surface area contributed by atoms with E-state index in [0.717, 1.165) is 13.1 Å². The summed E-state index contributed by atoms with van der Waals surface area (Å²) in [7, 11) is -17.0. The Morgan fingerprint density at radius 1 is 1.28 bits per heavy atom. The van der Waals surface area contributed by atoms with Gasteiger partial charge in [0.1, 0.15) is 18.0 Å². The summed E-state index contributed by atoms with van der Waals surface area (Å²) >= 11 is 0. The number of terminal acetylenes is 1. The van der Waals surface area contributed by atoms with Gasteiger partial charge in [-0.3, -0.25) is 4.52 Å². The number of anilines is 1. The second-order valence-electron chi connectivity index (χ2n) is 6.18. The normalized spacial score (nSPS) is 30.8. The Morgan fingerprint density at radius 3 is 2.38 bits per heavy atom. The molecule has 32 heavy (non-hydrogen) atoms. The Labute approximate surface area is 178 Å². The fourth-order valence-electron chi connectivity index (χ4n) is 2.58. The number of ether oxygens (including phenoxy) is 1. The van der Waals surface area contributed by atoms with Crippen LogP contribution in [0.15, 0.2) is 11.0 Å². The van der Waals surface area contributed by atoms with Crippen molar-refractivity contribution in [1.29, 1.82) is 0 Å². The Kier molecular flexibility index (Phi) is 7.52. The molecular formula is C11H17N4O14P3. The molecule has 1 aliphatic heterocycles. The van der Waals surface area contributed by atoms with E-state index in [-0.39, 0.29) is 5.82 Å². The zero-order chi connectivity index (χ0) is 24.7. The molecule has 8 N–H and O–H groups in total. The van der Waals surface area contributed by atoms with E-state index >= 15 is 0 Å². The largest absolute Gasteiger partial charge is 0.490 e. The van der Waals surface area contributed by atoms with Gasteiger partial charge in [0.15, 0.2) is 6.23 Å². The highest BCUT2D eigenvalue weighted by molar-refractivity contribution is 7.66. The molecule has 7 atom stereocenters. The van der Waals surface area contributed by atoms with Gasteiger partial charge in [-0.2, -0.15) is 23.4 Å². The highest BCUT2D eigenvalue weighted by Crippen LogP contribution is 2.66. The molecule has 0 radical (unpaired) electrons. The molecule has 180 valence electrons. The zero-order valence-corrected chi connectivity index (χ0v) is 18.4. The number of nitrogens with two attached hydrogens (primary N) is 1. The van der Waals surface area contributed by atoms with Crippen LogP contribution in [0, 0.1) is 12.3 Å². The Bertz CT molecular complexity index is 1110. The lowest BCUT2D eigenvalue weighted by Gasteiger charge is -2.26. The van der Waals surface area contributed by atoms with E-state index < -0.39 is 59.3 Å². The second-order valence-corrected chi connectivity index (χ2v) is 10.6.